The summed E-state index contributed by atoms with van der Waals surface area (Å²) >= 11 is 3.32. The molecule has 1 aromatic rings. The third kappa shape index (κ3) is 3.29. The third-order valence-electron chi connectivity index (χ3n) is 3.23. The lowest BCUT2D eigenvalue weighted by atomic mass is 10.0. The van der Waals surface area contributed by atoms with Crippen LogP contribution in [0.2, 0.25) is 0 Å². The van der Waals surface area contributed by atoms with E-state index in [1.807, 2.05) is 13.1 Å². The Morgan fingerprint density at radius 2 is 2.19 bits per heavy atom. The van der Waals surface area contributed by atoms with E-state index in [-0.39, 0.29) is 5.82 Å². The van der Waals surface area contributed by atoms with E-state index in [0.29, 0.717) is 6.04 Å². The van der Waals surface area contributed by atoms with Crippen molar-refractivity contribution in [2.45, 2.75) is 31.7 Å². The Morgan fingerprint density at radius 3 is 2.75 bits per heavy atom. The number of halogens is 2. The Hall–Kier alpha value is -0.410. The van der Waals surface area contributed by atoms with E-state index in [1.165, 1.54) is 18.9 Å². The normalized spacial score (nSPS) is 17.4. The average molecular weight is 286 g/mol. The standard InChI is InChI=1S/C13H17BrFN/c1-16-13(10-3-4-10)5-2-9-6-11(14)8-12(15)7-9/h6-8,10,13,16H,2-5H2,1H3. The van der Waals surface area contributed by atoms with Crippen LogP contribution in [0.15, 0.2) is 22.7 Å². The SMILES string of the molecule is CNC(CCc1cc(F)cc(Br)c1)C1CC1. The van der Waals surface area contributed by atoms with Crippen LogP contribution in [0.3, 0.4) is 0 Å². The summed E-state index contributed by atoms with van der Waals surface area (Å²) in [7, 11) is 2.02. The molecule has 1 nitrogen and oxygen atoms in total. The molecule has 1 saturated carbocycles. The van der Waals surface area contributed by atoms with Gasteiger partial charge < -0.3 is 5.32 Å². The second-order valence-electron chi connectivity index (χ2n) is 4.55. The Kier molecular flexibility index (Phi) is 3.98. The first-order valence-corrected chi connectivity index (χ1v) is 6.60. The number of hydrogen-bond acceptors (Lipinski definition) is 1. The van der Waals surface area contributed by atoms with Crippen LogP contribution in [0.4, 0.5) is 4.39 Å². The van der Waals surface area contributed by atoms with Crippen LogP contribution in [0.1, 0.15) is 24.8 Å². The molecule has 1 aliphatic carbocycles. The van der Waals surface area contributed by atoms with Crippen molar-refractivity contribution in [1.29, 1.82) is 0 Å². The fraction of sp³-hybridized carbons (Fsp3) is 0.538. The van der Waals surface area contributed by atoms with Crippen LogP contribution in [0.25, 0.3) is 0 Å². The monoisotopic (exact) mass is 285 g/mol. The van der Waals surface area contributed by atoms with Crippen molar-refractivity contribution in [2.24, 2.45) is 5.92 Å². The van der Waals surface area contributed by atoms with Crippen molar-refractivity contribution in [2.75, 3.05) is 7.05 Å². The highest BCUT2D eigenvalue weighted by atomic mass is 79.9. The lowest BCUT2D eigenvalue weighted by Gasteiger charge is -2.15. The highest BCUT2D eigenvalue weighted by molar-refractivity contribution is 9.10. The van der Waals surface area contributed by atoms with Gasteiger partial charge in [0.25, 0.3) is 0 Å². The summed E-state index contributed by atoms with van der Waals surface area (Å²) in [5.41, 5.74) is 1.08. The van der Waals surface area contributed by atoms with Gasteiger partial charge in [-0.25, -0.2) is 4.39 Å². The lowest BCUT2D eigenvalue weighted by Crippen LogP contribution is -2.27. The van der Waals surface area contributed by atoms with Crippen molar-refractivity contribution in [3.8, 4) is 0 Å². The first kappa shape index (κ1) is 12.1. The van der Waals surface area contributed by atoms with Gasteiger partial charge in [-0.05, 0) is 62.4 Å². The van der Waals surface area contributed by atoms with Crippen molar-refractivity contribution < 1.29 is 4.39 Å². The quantitative estimate of drug-likeness (QED) is 0.873. The van der Waals surface area contributed by atoms with Crippen LogP contribution < -0.4 is 5.32 Å². The van der Waals surface area contributed by atoms with E-state index < -0.39 is 0 Å². The maximum absolute atomic E-state index is 13.2. The van der Waals surface area contributed by atoms with Gasteiger partial charge in [-0.3, -0.25) is 0 Å². The van der Waals surface area contributed by atoms with Gasteiger partial charge in [-0.2, -0.15) is 0 Å². The van der Waals surface area contributed by atoms with E-state index in [2.05, 4.69) is 21.2 Å². The number of nitrogens with one attached hydrogen (secondary N) is 1. The summed E-state index contributed by atoms with van der Waals surface area (Å²) in [4.78, 5) is 0. The van der Waals surface area contributed by atoms with Gasteiger partial charge in [-0.15, -0.1) is 0 Å². The zero-order valence-corrected chi connectivity index (χ0v) is 11.1. The molecule has 1 aromatic carbocycles. The second-order valence-corrected chi connectivity index (χ2v) is 5.46. The number of aryl methyl sites for hydroxylation is 1. The number of hydrogen-bond donors (Lipinski definition) is 1. The topological polar surface area (TPSA) is 12.0 Å². The molecule has 1 atom stereocenters. The second kappa shape index (κ2) is 5.28. The van der Waals surface area contributed by atoms with Crippen molar-refractivity contribution in [1.82, 2.24) is 5.32 Å². The van der Waals surface area contributed by atoms with Crippen molar-refractivity contribution in [3.05, 3.63) is 34.1 Å². The molecule has 2 rings (SSSR count). The van der Waals surface area contributed by atoms with E-state index in [4.69, 9.17) is 0 Å². The Labute approximate surface area is 105 Å². The summed E-state index contributed by atoms with van der Waals surface area (Å²) in [5, 5.41) is 3.36. The van der Waals surface area contributed by atoms with E-state index >= 15 is 0 Å². The molecule has 3 heteroatoms. The fourth-order valence-electron chi connectivity index (χ4n) is 2.19. The number of rotatable bonds is 5. The molecule has 0 spiro atoms. The molecule has 0 amide bonds. The van der Waals surface area contributed by atoms with Crippen molar-refractivity contribution in [3.63, 3.8) is 0 Å². The molecule has 16 heavy (non-hydrogen) atoms. The first-order valence-electron chi connectivity index (χ1n) is 5.81. The zero-order valence-electron chi connectivity index (χ0n) is 9.47. The summed E-state index contributed by atoms with van der Waals surface area (Å²) in [5.74, 6) is 0.693. The highest BCUT2D eigenvalue weighted by Gasteiger charge is 2.29. The number of benzene rings is 1. The predicted octanol–water partition coefficient (Wildman–Crippen LogP) is 3.52. The van der Waals surface area contributed by atoms with E-state index in [9.17, 15) is 4.39 Å². The average Bonchev–Trinajstić information content (AvgIpc) is 3.01. The van der Waals surface area contributed by atoms with Crippen LogP contribution in [-0.4, -0.2) is 13.1 Å². The Balaban J connectivity index is 1.92. The molecule has 1 N–H and O–H groups in total. The van der Waals surface area contributed by atoms with Crippen LogP contribution >= 0.6 is 15.9 Å². The molecule has 0 heterocycles. The molecule has 1 unspecified atom stereocenters. The molecular weight excluding hydrogens is 269 g/mol. The fourth-order valence-corrected chi connectivity index (χ4v) is 2.70. The van der Waals surface area contributed by atoms with Gasteiger partial charge in [-0.1, -0.05) is 15.9 Å². The largest absolute Gasteiger partial charge is 0.317 e. The predicted molar refractivity (Wildman–Crippen MR) is 68.0 cm³/mol. The molecule has 0 saturated heterocycles. The molecule has 0 bridgehead atoms. The molecule has 0 aromatic heterocycles. The van der Waals surface area contributed by atoms with Crippen LogP contribution in [0.5, 0.6) is 0 Å². The minimum Gasteiger partial charge on any atom is -0.317 e. The van der Waals surface area contributed by atoms with Gasteiger partial charge >= 0.3 is 0 Å². The Bertz CT molecular complexity index is 343. The summed E-state index contributed by atoms with van der Waals surface area (Å²) in [6, 6.07) is 5.73. The van der Waals surface area contributed by atoms with Gasteiger partial charge in [0.15, 0.2) is 0 Å². The zero-order chi connectivity index (χ0) is 11.5. The van der Waals surface area contributed by atoms with Gasteiger partial charge in [0, 0.05) is 10.5 Å². The van der Waals surface area contributed by atoms with Gasteiger partial charge in [0.2, 0.25) is 0 Å². The molecule has 0 radical (unpaired) electrons. The maximum atomic E-state index is 13.2. The minimum absolute atomic E-state index is 0.156. The van der Waals surface area contributed by atoms with E-state index in [1.54, 1.807) is 6.07 Å². The summed E-state index contributed by atoms with van der Waals surface area (Å²) in [6.45, 7) is 0. The Morgan fingerprint density at radius 1 is 1.44 bits per heavy atom. The molecule has 1 aliphatic rings. The molecule has 1 fully saturated rings. The van der Waals surface area contributed by atoms with Crippen molar-refractivity contribution >= 4 is 15.9 Å². The maximum Gasteiger partial charge on any atom is 0.124 e. The lowest BCUT2D eigenvalue weighted by molar-refractivity contribution is 0.470. The van der Waals surface area contributed by atoms with E-state index in [0.717, 1.165) is 28.8 Å². The molecular formula is C13H17BrFN. The van der Waals surface area contributed by atoms with Gasteiger partial charge in [0.05, 0.1) is 0 Å². The smallest absolute Gasteiger partial charge is 0.124 e. The summed E-state index contributed by atoms with van der Waals surface area (Å²) in [6.07, 6.45) is 4.73. The van der Waals surface area contributed by atoms with Crippen LogP contribution in [-0.2, 0) is 6.42 Å². The third-order valence-corrected chi connectivity index (χ3v) is 3.69. The molecule has 0 aliphatic heterocycles. The minimum atomic E-state index is -0.156. The molecule has 88 valence electrons. The summed E-state index contributed by atoms with van der Waals surface area (Å²) < 4.78 is 14.0. The van der Waals surface area contributed by atoms with Crippen LogP contribution in [0, 0.1) is 11.7 Å². The first-order chi connectivity index (χ1) is 7.69. The van der Waals surface area contributed by atoms with Gasteiger partial charge in [0.1, 0.15) is 5.82 Å². The highest BCUT2D eigenvalue weighted by Crippen LogP contribution is 2.34.